The Morgan fingerprint density at radius 2 is 2.18 bits per heavy atom. The van der Waals surface area contributed by atoms with Crippen LogP contribution in [0.25, 0.3) is 10.6 Å². The number of thiophene rings is 1. The maximum Gasteiger partial charge on any atom is 0.348 e. The van der Waals surface area contributed by atoms with Crippen molar-refractivity contribution >= 4 is 34.6 Å². The average Bonchev–Trinajstić information content (AvgIpc) is 2.95. The van der Waals surface area contributed by atoms with Crippen LogP contribution in [0.1, 0.15) is 20.0 Å². The van der Waals surface area contributed by atoms with Crippen LogP contribution in [-0.2, 0) is 4.74 Å². The number of nitrogens with zero attached hydrogens (tertiary/aromatic N) is 1. The van der Waals surface area contributed by atoms with Crippen molar-refractivity contribution in [1.29, 1.82) is 0 Å². The van der Waals surface area contributed by atoms with Crippen molar-refractivity contribution in [2.24, 2.45) is 5.73 Å². The second-order valence-corrected chi connectivity index (χ2v) is 4.82. The molecule has 7 heteroatoms. The van der Waals surface area contributed by atoms with Gasteiger partial charge in [0.05, 0.1) is 12.7 Å². The van der Waals surface area contributed by atoms with Crippen LogP contribution in [0.5, 0.6) is 0 Å². The Morgan fingerprint density at radius 1 is 1.41 bits per heavy atom. The van der Waals surface area contributed by atoms with Gasteiger partial charge in [-0.3, -0.25) is 4.79 Å². The molecule has 0 unspecified atom stereocenters. The minimum absolute atomic E-state index is 0.178. The molecule has 0 fully saturated rings. The molecule has 0 saturated carbocycles. The van der Waals surface area contributed by atoms with Gasteiger partial charge in [-0.2, -0.15) is 0 Å². The van der Waals surface area contributed by atoms with E-state index in [4.69, 9.17) is 5.73 Å². The molecule has 88 valence electrons. The van der Waals surface area contributed by atoms with Gasteiger partial charge in [-0.1, -0.05) is 0 Å². The number of ether oxygens (including phenoxy) is 1. The summed E-state index contributed by atoms with van der Waals surface area (Å²) in [5.74, 6) is -1.22. The summed E-state index contributed by atoms with van der Waals surface area (Å²) in [4.78, 5) is 27.2. The lowest BCUT2D eigenvalue weighted by Gasteiger charge is -2.00. The summed E-state index contributed by atoms with van der Waals surface area (Å²) in [5.41, 5.74) is 6.05. The number of amides is 1. The van der Waals surface area contributed by atoms with Crippen molar-refractivity contribution in [2.75, 3.05) is 7.11 Å². The highest BCUT2D eigenvalue weighted by Crippen LogP contribution is 2.32. The minimum atomic E-state index is -0.656. The van der Waals surface area contributed by atoms with E-state index in [-0.39, 0.29) is 10.4 Å². The van der Waals surface area contributed by atoms with E-state index in [9.17, 15) is 9.59 Å². The molecule has 0 aliphatic rings. The Balaban J connectivity index is 2.59. The van der Waals surface area contributed by atoms with Crippen LogP contribution < -0.4 is 5.73 Å². The van der Waals surface area contributed by atoms with E-state index in [1.165, 1.54) is 18.4 Å². The number of carbonyl (C=O) groups excluding carboxylic acids is 2. The van der Waals surface area contributed by atoms with E-state index in [1.54, 1.807) is 17.0 Å². The summed E-state index contributed by atoms with van der Waals surface area (Å²) in [6.45, 7) is 0. The fraction of sp³-hybridized carbons (Fsp3) is 0.100. The van der Waals surface area contributed by atoms with Crippen LogP contribution in [0.4, 0.5) is 0 Å². The number of methoxy groups -OCH3 is 1. The lowest BCUT2D eigenvalue weighted by atomic mass is 10.1. The highest BCUT2D eigenvalue weighted by Gasteiger charge is 2.24. The van der Waals surface area contributed by atoms with Crippen molar-refractivity contribution in [2.45, 2.75) is 0 Å². The summed E-state index contributed by atoms with van der Waals surface area (Å²) >= 11 is 2.50. The van der Waals surface area contributed by atoms with Crippen molar-refractivity contribution in [3.8, 4) is 10.6 Å². The lowest BCUT2D eigenvalue weighted by molar-refractivity contribution is 0.0603. The van der Waals surface area contributed by atoms with E-state index in [1.807, 2.05) is 0 Å². The molecule has 0 atom stereocenters. The predicted octanol–water partition coefficient (Wildman–Crippen LogP) is 1.76. The number of thiazole rings is 1. The van der Waals surface area contributed by atoms with Gasteiger partial charge in [0.2, 0.25) is 0 Å². The third kappa shape index (κ3) is 2.06. The van der Waals surface area contributed by atoms with Crippen molar-refractivity contribution in [3.05, 3.63) is 27.4 Å². The molecular weight excluding hydrogens is 260 g/mol. The van der Waals surface area contributed by atoms with Crippen molar-refractivity contribution in [3.63, 3.8) is 0 Å². The van der Waals surface area contributed by atoms with Crippen molar-refractivity contribution in [1.82, 2.24) is 4.98 Å². The third-order valence-corrected chi connectivity index (χ3v) is 3.84. The molecule has 0 radical (unpaired) electrons. The molecule has 17 heavy (non-hydrogen) atoms. The van der Waals surface area contributed by atoms with Crippen LogP contribution in [0.2, 0.25) is 0 Å². The van der Waals surface area contributed by atoms with E-state index in [2.05, 4.69) is 9.72 Å². The van der Waals surface area contributed by atoms with Crippen LogP contribution in [0.15, 0.2) is 17.0 Å². The molecule has 0 aliphatic carbocycles. The molecule has 2 heterocycles. The number of hydrogen-bond acceptors (Lipinski definition) is 6. The van der Waals surface area contributed by atoms with Gasteiger partial charge in [0.15, 0.2) is 0 Å². The van der Waals surface area contributed by atoms with Crippen LogP contribution in [0, 0.1) is 0 Å². The molecule has 0 bridgehead atoms. The molecule has 5 nitrogen and oxygen atoms in total. The first kappa shape index (κ1) is 11.7. The molecule has 2 aromatic rings. The maximum absolute atomic E-state index is 11.5. The maximum atomic E-state index is 11.5. The lowest BCUT2D eigenvalue weighted by Crippen LogP contribution is -2.15. The molecule has 2 rings (SSSR count). The normalized spacial score (nSPS) is 10.2. The molecule has 0 saturated heterocycles. The number of carbonyl (C=O) groups is 2. The molecular formula is C10H8N2O3S2. The van der Waals surface area contributed by atoms with Gasteiger partial charge >= 0.3 is 5.97 Å². The second-order valence-electron chi connectivity index (χ2n) is 3.05. The second kappa shape index (κ2) is 4.64. The Hall–Kier alpha value is -1.73. The van der Waals surface area contributed by atoms with Gasteiger partial charge in [-0.05, 0) is 0 Å². The average molecular weight is 268 g/mol. The van der Waals surface area contributed by atoms with Crippen LogP contribution in [0.3, 0.4) is 0 Å². The number of esters is 1. The Bertz CT molecular complexity index is 560. The van der Waals surface area contributed by atoms with Gasteiger partial charge < -0.3 is 10.5 Å². The number of nitrogens with two attached hydrogens (primary N) is 1. The molecule has 0 spiro atoms. The fourth-order valence-corrected chi connectivity index (χ4v) is 3.07. The molecule has 0 aliphatic heterocycles. The van der Waals surface area contributed by atoms with Crippen LogP contribution >= 0.6 is 22.7 Å². The Morgan fingerprint density at radius 3 is 2.71 bits per heavy atom. The Kier molecular flexibility index (Phi) is 3.21. The first-order chi connectivity index (χ1) is 8.15. The van der Waals surface area contributed by atoms with Gasteiger partial charge in [0.1, 0.15) is 9.88 Å². The monoisotopic (exact) mass is 268 g/mol. The summed E-state index contributed by atoms with van der Waals surface area (Å²) in [6, 6.07) is 0. The van der Waals surface area contributed by atoms with Gasteiger partial charge in [0.25, 0.3) is 5.91 Å². The first-order valence-corrected chi connectivity index (χ1v) is 6.30. The molecule has 2 aromatic heterocycles. The van der Waals surface area contributed by atoms with E-state index < -0.39 is 11.9 Å². The minimum Gasteiger partial charge on any atom is -0.465 e. The first-order valence-electron chi connectivity index (χ1n) is 4.54. The summed E-state index contributed by atoms with van der Waals surface area (Å²) in [6.07, 6.45) is 1.63. The summed E-state index contributed by atoms with van der Waals surface area (Å²) in [7, 11) is 1.26. The highest BCUT2D eigenvalue weighted by atomic mass is 32.1. The van der Waals surface area contributed by atoms with Crippen molar-refractivity contribution < 1.29 is 14.3 Å². The number of hydrogen-bond donors (Lipinski definition) is 1. The summed E-state index contributed by atoms with van der Waals surface area (Å²) < 4.78 is 4.60. The van der Waals surface area contributed by atoms with E-state index in [0.29, 0.717) is 10.6 Å². The SMILES string of the molecule is COC(=O)c1scc(-c2nccs2)c1C(N)=O. The fourth-order valence-electron chi connectivity index (χ4n) is 1.36. The standard InChI is InChI=1S/C10H8N2O3S2/c1-15-10(14)7-6(8(11)13)5(4-17-7)9-12-2-3-16-9/h2-4H,1H3,(H2,11,13). The number of aromatic nitrogens is 1. The molecule has 0 aromatic carbocycles. The molecule has 2 N–H and O–H groups in total. The highest BCUT2D eigenvalue weighted by molar-refractivity contribution is 7.15. The summed E-state index contributed by atoms with van der Waals surface area (Å²) in [5, 5.41) is 4.13. The van der Waals surface area contributed by atoms with Gasteiger partial charge in [-0.25, -0.2) is 9.78 Å². The zero-order valence-corrected chi connectivity index (χ0v) is 10.4. The zero-order valence-electron chi connectivity index (χ0n) is 8.80. The van der Waals surface area contributed by atoms with E-state index >= 15 is 0 Å². The third-order valence-electron chi connectivity index (χ3n) is 2.07. The quantitative estimate of drug-likeness (QED) is 0.860. The smallest absolute Gasteiger partial charge is 0.348 e. The van der Waals surface area contributed by atoms with Crippen LogP contribution in [-0.4, -0.2) is 24.0 Å². The number of primary amides is 1. The molecule has 1 amide bonds. The largest absolute Gasteiger partial charge is 0.465 e. The van der Waals surface area contributed by atoms with Gasteiger partial charge in [0, 0.05) is 22.5 Å². The van der Waals surface area contributed by atoms with E-state index in [0.717, 1.165) is 11.3 Å². The zero-order chi connectivity index (χ0) is 12.4. The topological polar surface area (TPSA) is 82.3 Å². The number of rotatable bonds is 3. The predicted molar refractivity (Wildman–Crippen MR) is 65.3 cm³/mol. The van der Waals surface area contributed by atoms with Gasteiger partial charge in [-0.15, -0.1) is 22.7 Å². The Labute approximate surface area is 105 Å².